The molecule has 1 aromatic heterocycles. The highest BCUT2D eigenvalue weighted by molar-refractivity contribution is 5.91. The van der Waals surface area contributed by atoms with Gasteiger partial charge in [-0.2, -0.15) is 18.3 Å². The van der Waals surface area contributed by atoms with Crippen molar-refractivity contribution in [3.8, 4) is 17.2 Å². The summed E-state index contributed by atoms with van der Waals surface area (Å²) < 4.78 is 50.1. The normalized spacial score (nSPS) is 11.2. The molecule has 0 aliphatic heterocycles. The predicted octanol–water partition coefficient (Wildman–Crippen LogP) is 4.56. The zero-order chi connectivity index (χ0) is 23.5. The number of nitro benzene ring substituents is 1. The standard InChI is InChI=1S/C20H17F3N4O5/c1-12-7-18(20(21,22)23)25-26(12)11-19(28)24-13-8-14(27(29)30)10-15(9-13)32-17-6-4-3-5-16(17)31-2/h3-10H,11H2,1-2H3,(H,24,28). The van der Waals surface area contributed by atoms with Crippen molar-refractivity contribution in [2.24, 2.45) is 0 Å². The number of hydrogen-bond acceptors (Lipinski definition) is 6. The van der Waals surface area contributed by atoms with Crippen LogP contribution >= 0.6 is 0 Å². The number of non-ortho nitro benzene ring substituents is 1. The Labute approximate surface area is 179 Å². The molecule has 0 aliphatic carbocycles. The minimum Gasteiger partial charge on any atom is -0.493 e. The SMILES string of the molecule is COc1ccccc1Oc1cc(NC(=O)Cn2nc(C(F)(F)F)cc2C)cc([N+](=O)[O-])c1. The molecule has 0 saturated carbocycles. The average Bonchev–Trinajstić information content (AvgIpc) is 3.08. The van der Waals surface area contributed by atoms with E-state index in [1.165, 1.54) is 20.1 Å². The van der Waals surface area contributed by atoms with E-state index in [9.17, 15) is 28.1 Å². The number of halogens is 3. The number of amides is 1. The third kappa shape index (κ3) is 5.33. The maximum atomic E-state index is 12.8. The van der Waals surface area contributed by atoms with Crippen molar-refractivity contribution in [2.75, 3.05) is 12.4 Å². The minimum atomic E-state index is -4.64. The number of aryl methyl sites for hydroxylation is 1. The Morgan fingerprint density at radius 1 is 1.19 bits per heavy atom. The van der Waals surface area contributed by atoms with Gasteiger partial charge in [-0.3, -0.25) is 19.6 Å². The molecule has 0 aliphatic rings. The molecule has 1 N–H and O–H groups in total. The van der Waals surface area contributed by atoms with E-state index in [-0.39, 0.29) is 22.8 Å². The summed E-state index contributed by atoms with van der Waals surface area (Å²) in [6.07, 6.45) is -4.64. The molecule has 1 heterocycles. The van der Waals surface area contributed by atoms with Crippen LogP contribution in [0.3, 0.4) is 0 Å². The smallest absolute Gasteiger partial charge is 0.435 e. The van der Waals surface area contributed by atoms with Crippen LogP contribution in [0.1, 0.15) is 11.4 Å². The summed E-state index contributed by atoms with van der Waals surface area (Å²) in [5.41, 5.74) is -1.32. The van der Waals surface area contributed by atoms with E-state index in [1.54, 1.807) is 24.3 Å². The van der Waals surface area contributed by atoms with Crippen LogP contribution in [-0.4, -0.2) is 27.7 Å². The number of para-hydroxylation sites is 2. The van der Waals surface area contributed by atoms with Crippen LogP contribution in [0.5, 0.6) is 17.2 Å². The molecule has 168 valence electrons. The van der Waals surface area contributed by atoms with E-state index in [0.717, 1.165) is 22.9 Å². The van der Waals surface area contributed by atoms with Crippen molar-refractivity contribution in [1.29, 1.82) is 0 Å². The summed E-state index contributed by atoms with van der Waals surface area (Å²) in [7, 11) is 1.43. The molecule has 32 heavy (non-hydrogen) atoms. The molecule has 3 rings (SSSR count). The summed E-state index contributed by atoms with van der Waals surface area (Å²) >= 11 is 0. The first-order chi connectivity index (χ1) is 15.1. The summed E-state index contributed by atoms with van der Waals surface area (Å²) in [6.45, 7) is 0.857. The fraction of sp³-hybridized carbons (Fsp3) is 0.200. The van der Waals surface area contributed by atoms with Gasteiger partial charge < -0.3 is 14.8 Å². The van der Waals surface area contributed by atoms with Crippen molar-refractivity contribution < 1.29 is 32.4 Å². The number of hydrogen-bond donors (Lipinski definition) is 1. The highest BCUT2D eigenvalue weighted by Gasteiger charge is 2.34. The molecule has 0 bridgehead atoms. The lowest BCUT2D eigenvalue weighted by molar-refractivity contribution is -0.384. The highest BCUT2D eigenvalue weighted by atomic mass is 19.4. The highest BCUT2D eigenvalue weighted by Crippen LogP contribution is 2.34. The van der Waals surface area contributed by atoms with E-state index in [2.05, 4.69) is 10.4 Å². The number of rotatable bonds is 7. The summed E-state index contributed by atoms with van der Waals surface area (Å²) in [6, 6.07) is 11.0. The second-order valence-corrected chi connectivity index (χ2v) is 6.60. The molecule has 1 amide bonds. The second kappa shape index (κ2) is 8.96. The maximum absolute atomic E-state index is 12.8. The van der Waals surface area contributed by atoms with Crippen molar-refractivity contribution in [1.82, 2.24) is 9.78 Å². The van der Waals surface area contributed by atoms with E-state index in [1.807, 2.05) is 0 Å². The van der Waals surface area contributed by atoms with Crippen LogP contribution in [0.2, 0.25) is 0 Å². The fourth-order valence-electron chi connectivity index (χ4n) is 2.80. The van der Waals surface area contributed by atoms with Gasteiger partial charge >= 0.3 is 6.18 Å². The van der Waals surface area contributed by atoms with Gasteiger partial charge in [0, 0.05) is 17.8 Å². The maximum Gasteiger partial charge on any atom is 0.435 e. The molecule has 9 nitrogen and oxygen atoms in total. The number of alkyl halides is 3. The van der Waals surface area contributed by atoms with Crippen LogP contribution in [0, 0.1) is 17.0 Å². The van der Waals surface area contributed by atoms with E-state index >= 15 is 0 Å². The number of nitrogens with zero attached hydrogens (tertiary/aromatic N) is 3. The molecular weight excluding hydrogens is 433 g/mol. The summed E-state index contributed by atoms with van der Waals surface area (Å²) in [5, 5.41) is 17.1. The first-order valence-corrected chi connectivity index (χ1v) is 9.08. The molecule has 2 aromatic carbocycles. The third-order valence-corrected chi connectivity index (χ3v) is 4.25. The third-order valence-electron chi connectivity index (χ3n) is 4.25. The largest absolute Gasteiger partial charge is 0.493 e. The van der Waals surface area contributed by atoms with Crippen molar-refractivity contribution >= 4 is 17.3 Å². The van der Waals surface area contributed by atoms with Gasteiger partial charge in [0.15, 0.2) is 17.2 Å². The van der Waals surface area contributed by atoms with Crippen LogP contribution in [0.4, 0.5) is 24.5 Å². The minimum absolute atomic E-state index is 0.0231. The Bertz CT molecular complexity index is 1160. The van der Waals surface area contributed by atoms with Crippen LogP contribution < -0.4 is 14.8 Å². The van der Waals surface area contributed by atoms with Crippen LogP contribution in [0.25, 0.3) is 0 Å². The zero-order valence-corrected chi connectivity index (χ0v) is 16.8. The van der Waals surface area contributed by atoms with Crippen molar-refractivity contribution in [2.45, 2.75) is 19.6 Å². The number of methoxy groups -OCH3 is 1. The van der Waals surface area contributed by atoms with Gasteiger partial charge in [-0.25, -0.2) is 0 Å². The molecule has 12 heteroatoms. The Hall–Kier alpha value is -4.09. The predicted molar refractivity (Wildman–Crippen MR) is 107 cm³/mol. The number of aromatic nitrogens is 2. The van der Waals surface area contributed by atoms with Gasteiger partial charge in [0.25, 0.3) is 5.69 Å². The number of carbonyl (C=O) groups is 1. The molecule has 0 atom stereocenters. The topological polar surface area (TPSA) is 109 Å². The lowest BCUT2D eigenvalue weighted by Crippen LogP contribution is -2.21. The number of benzene rings is 2. The summed E-state index contributed by atoms with van der Waals surface area (Å²) in [5.74, 6) is 0.00105. The first-order valence-electron chi connectivity index (χ1n) is 9.08. The number of anilines is 1. The number of ether oxygens (including phenoxy) is 2. The monoisotopic (exact) mass is 450 g/mol. The Balaban J connectivity index is 1.82. The molecule has 0 saturated heterocycles. The van der Waals surface area contributed by atoms with E-state index in [4.69, 9.17) is 9.47 Å². The Morgan fingerprint density at radius 2 is 1.88 bits per heavy atom. The molecule has 0 unspecified atom stereocenters. The molecular formula is C20H17F3N4O5. The zero-order valence-electron chi connectivity index (χ0n) is 16.8. The van der Waals surface area contributed by atoms with E-state index < -0.39 is 29.2 Å². The van der Waals surface area contributed by atoms with Gasteiger partial charge in [0.2, 0.25) is 5.91 Å². The summed E-state index contributed by atoms with van der Waals surface area (Å²) in [4.78, 5) is 23.0. The second-order valence-electron chi connectivity index (χ2n) is 6.60. The van der Waals surface area contributed by atoms with Gasteiger partial charge in [-0.05, 0) is 25.1 Å². The van der Waals surface area contributed by atoms with Crippen LogP contribution in [0.15, 0.2) is 48.5 Å². The van der Waals surface area contributed by atoms with Crippen molar-refractivity contribution in [3.63, 3.8) is 0 Å². The van der Waals surface area contributed by atoms with Gasteiger partial charge in [0.1, 0.15) is 12.3 Å². The quantitative estimate of drug-likeness (QED) is 0.418. The van der Waals surface area contributed by atoms with Gasteiger partial charge in [-0.15, -0.1) is 0 Å². The lowest BCUT2D eigenvalue weighted by Gasteiger charge is -2.12. The Morgan fingerprint density at radius 3 is 2.47 bits per heavy atom. The molecule has 0 radical (unpaired) electrons. The van der Waals surface area contributed by atoms with Gasteiger partial charge in [0.05, 0.1) is 23.8 Å². The molecule has 0 fully saturated rings. The fourth-order valence-corrected chi connectivity index (χ4v) is 2.80. The van der Waals surface area contributed by atoms with Crippen molar-refractivity contribution in [3.05, 3.63) is 70.0 Å². The molecule has 3 aromatic rings. The lowest BCUT2D eigenvalue weighted by atomic mass is 10.2. The molecule has 0 spiro atoms. The van der Waals surface area contributed by atoms with Crippen LogP contribution in [-0.2, 0) is 17.5 Å². The Kier molecular flexibility index (Phi) is 6.32. The van der Waals surface area contributed by atoms with E-state index in [0.29, 0.717) is 11.5 Å². The number of nitro groups is 1. The first kappa shape index (κ1) is 22.6. The number of carbonyl (C=O) groups excluding carboxylic acids is 1. The average molecular weight is 450 g/mol. The van der Waals surface area contributed by atoms with Gasteiger partial charge in [-0.1, -0.05) is 12.1 Å². The number of nitrogens with one attached hydrogen (secondary N) is 1.